The number of likely N-dealkylation sites (tertiary alicyclic amines) is 1. The highest BCUT2D eigenvalue weighted by molar-refractivity contribution is 5.78. The molecule has 1 heterocycles. The topological polar surface area (TPSA) is 49.6 Å². The minimum Gasteiger partial charge on any atom is -0.339 e. The molecule has 0 aromatic carbocycles. The first-order chi connectivity index (χ1) is 9.61. The van der Waals surface area contributed by atoms with E-state index < -0.39 is 0 Å². The van der Waals surface area contributed by atoms with E-state index in [2.05, 4.69) is 23.6 Å². The second kappa shape index (κ2) is 7.41. The Balaban J connectivity index is 1.87. The van der Waals surface area contributed by atoms with Gasteiger partial charge in [0.25, 0.3) is 0 Å². The van der Waals surface area contributed by atoms with Crippen LogP contribution >= 0.6 is 0 Å². The van der Waals surface area contributed by atoms with E-state index in [1.165, 1.54) is 12.8 Å². The molecule has 0 aromatic heterocycles. The largest absolute Gasteiger partial charge is 0.339 e. The number of hydrogen-bond acceptors (Lipinski definition) is 3. The molecule has 2 N–H and O–H groups in total. The van der Waals surface area contributed by atoms with Gasteiger partial charge >= 0.3 is 0 Å². The lowest BCUT2D eigenvalue weighted by Crippen LogP contribution is -2.50. The molecule has 2 aliphatic rings. The number of nitrogens with zero attached hydrogens (tertiary/aromatic N) is 2. The van der Waals surface area contributed by atoms with Gasteiger partial charge in [-0.3, -0.25) is 9.69 Å². The Kier molecular flexibility index (Phi) is 5.85. The highest BCUT2D eigenvalue weighted by Gasteiger charge is 2.28. The first kappa shape index (κ1) is 15.8. The minimum absolute atomic E-state index is 0.328. The van der Waals surface area contributed by atoms with Gasteiger partial charge in [-0.15, -0.1) is 0 Å². The van der Waals surface area contributed by atoms with E-state index in [1.807, 2.05) is 0 Å². The van der Waals surface area contributed by atoms with Crippen LogP contribution in [0.5, 0.6) is 0 Å². The van der Waals surface area contributed by atoms with Gasteiger partial charge in [-0.25, -0.2) is 0 Å². The van der Waals surface area contributed by atoms with Gasteiger partial charge in [0.05, 0.1) is 6.54 Å². The SMILES string of the molecule is CCN(CC(=O)N1CCCCC1C)C1CCC(N)CC1. The van der Waals surface area contributed by atoms with Crippen molar-refractivity contribution in [2.75, 3.05) is 19.6 Å². The number of nitrogens with two attached hydrogens (primary N) is 1. The maximum atomic E-state index is 12.5. The Bertz CT molecular complexity index is 313. The number of carbonyl (C=O) groups is 1. The van der Waals surface area contributed by atoms with E-state index in [0.717, 1.165) is 45.2 Å². The summed E-state index contributed by atoms with van der Waals surface area (Å²) in [7, 11) is 0. The molecule has 4 nitrogen and oxygen atoms in total. The lowest BCUT2D eigenvalue weighted by Gasteiger charge is -2.38. The standard InChI is InChI=1S/C16H31N3O/c1-3-18(15-9-7-14(17)8-10-15)12-16(20)19-11-5-4-6-13(19)2/h13-15H,3-12,17H2,1-2H3. The van der Waals surface area contributed by atoms with Crippen molar-refractivity contribution in [1.82, 2.24) is 9.80 Å². The molecular formula is C16H31N3O. The second-order valence-corrected chi connectivity index (χ2v) is 6.56. The summed E-state index contributed by atoms with van der Waals surface area (Å²) in [4.78, 5) is 17.0. The van der Waals surface area contributed by atoms with E-state index in [4.69, 9.17) is 5.73 Å². The van der Waals surface area contributed by atoms with Crippen LogP contribution in [0.2, 0.25) is 0 Å². The van der Waals surface area contributed by atoms with Crippen LogP contribution in [-0.2, 0) is 4.79 Å². The zero-order chi connectivity index (χ0) is 14.5. The minimum atomic E-state index is 0.328. The Morgan fingerprint density at radius 1 is 1.20 bits per heavy atom. The number of piperidine rings is 1. The van der Waals surface area contributed by atoms with Crippen LogP contribution in [0.3, 0.4) is 0 Å². The third kappa shape index (κ3) is 3.95. The van der Waals surface area contributed by atoms with Crippen molar-refractivity contribution < 1.29 is 4.79 Å². The predicted octanol–water partition coefficient (Wildman–Crippen LogP) is 1.98. The zero-order valence-electron chi connectivity index (χ0n) is 13.2. The Labute approximate surface area is 123 Å². The molecule has 1 aliphatic carbocycles. The van der Waals surface area contributed by atoms with Crippen molar-refractivity contribution >= 4 is 5.91 Å². The molecular weight excluding hydrogens is 250 g/mol. The van der Waals surface area contributed by atoms with Crippen molar-refractivity contribution in [3.05, 3.63) is 0 Å². The van der Waals surface area contributed by atoms with E-state index in [1.54, 1.807) is 0 Å². The third-order valence-corrected chi connectivity index (χ3v) is 5.13. The molecule has 4 heteroatoms. The zero-order valence-corrected chi connectivity index (χ0v) is 13.2. The molecule has 116 valence electrons. The van der Waals surface area contributed by atoms with E-state index in [0.29, 0.717) is 30.6 Å². The van der Waals surface area contributed by atoms with Crippen LogP contribution in [0.15, 0.2) is 0 Å². The van der Waals surface area contributed by atoms with Crippen molar-refractivity contribution in [3.63, 3.8) is 0 Å². The molecule has 2 rings (SSSR count). The van der Waals surface area contributed by atoms with Crippen LogP contribution in [0.25, 0.3) is 0 Å². The summed E-state index contributed by atoms with van der Waals surface area (Å²) >= 11 is 0. The molecule has 2 fully saturated rings. The van der Waals surface area contributed by atoms with Crippen LogP contribution in [-0.4, -0.2) is 53.5 Å². The van der Waals surface area contributed by atoms with Gasteiger partial charge in [0, 0.05) is 24.7 Å². The summed E-state index contributed by atoms with van der Waals surface area (Å²) in [5.41, 5.74) is 5.98. The van der Waals surface area contributed by atoms with Crippen LogP contribution < -0.4 is 5.73 Å². The van der Waals surface area contributed by atoms with Crippen molar-refractivity contribution in [2.24, 2.45) is 5.73 Å². The van der Waals surface area contributed by atoms with Gasteiger partial charge in [-0.2, -0.15) is 0 Å². The number of rotatable bonds is 4. The molecule has 1 amide bonds. The predicted molar refractivity (Wildman–Crippen MR) is 82.5 cm³/mol. The summed E-state index contributed by atoms with van der Waals surface area (Å²) in [5, 5.41) is 0. The number of carbonyl (C=O) groups excluding carboxylic acids is 1. The van der Waals surface area contributed by atoms with Crippen molar-refractivity contribution in [3.8, 4) is 0 Å². The second-order valence-electron chi connectivity index (χ2n) is 6.56. The summed E-state index contributed by atoms with van der Waals surface area (Å²) in [6.45, 7) is 6.87. The van der Waals surface area contributed by atoms with Gasteiger partial charge in [0.1, 0.15) is 0 Å². The maximum absolute atomic E-state index is 12.5. The summed E-state index contributed by atoms with van der Waals surface area (Å²) in [6, 6.07) is 1.36. The fourth-order valence-electron chi connectivity index (χ4n) is 3.70. The van der Waals surface area contributed by atoms with Crippen LogP contribution in [0.4, 0.5) is 0 Å². The molecule has 0 radical (unpaired) electrons. The van der Waals surface area contributed by atoms with E-state index >= 15 is 0 Å². The number of amides is 1. The number of hydrogen-bond donors (Lipinski definition) is 1. The molecule has 1 saturated heterocycles. The molecule has 1 unspecified atom stereocenters. The van der Waals surface area contributed by atoms with Gasteiger partial charge in [0.15, 0.2) is 0 Å². The third-order valence-electron chi connectivity index (χ3n) is 5.13. The normalized spacial score (nSPS) is 31.6. The summed E-state index contributed by atoms with van der Waals surface area (Å²) < 4.78 is 0. The maximum Gasteiger partial charge on any atom is 0.236 e. The highest BCUT2D eigenvalue weighted by Crippen LogP contribution is 2.23. The van der Waals surface area contributed by atoms with E-state index in [-0.39, 0.29) is 0 Å². The molecule has 0 bridgehead atoms. The molecule has 0 aromatic rings. The first-order valence-electron chi connectivity index (χ1n) is 8.41. The lowest BCUT2D eigenvalue weighted by atomic mass is 9.90. The highest BCUT2D eigenvalue weighted by atomic mass is 16.2. The first-order valence-corrected chi connectivity index (χ1v) is 8.41. The van der Waals surface area contributed by atoms with E-state index in [9.17, 15) is 4.79 Å². The summed E-state index contributed by atoms with van der Waals surface area (Å²) in [5.74, 6) is 0.328. The van der Waals surface area contributed by atoms with Crippen LogP contribution in [0.1, 0.15) is 58.8 Å². The van der Waals surface area contributed by atoms with Gasteiger partial charge in [0.2, 0.25) is 5.91 Å². The smallest absolute Gasteiger partial charge is 0.236 e. The number of likely N-dealkylation sites (N-methyl/N-ethyl adjacent to an activating group) is 1. The van der Waals surface area contributed by atoms with Crippen molar-refractivity contribution in [1.29, 1.82) is 0 Å². The van der Waals surface area contributed by atoms with Crippen LogP contribution in [0, 0.1) is 0 Å². The lowest BCUT2D eigenvalue weighted by molar-refractivity contribution is -0.136. The Hall–Kier alpha value is -0.610. The van der Waals surface area contributed by atoms with Gasteiger partial charge in [-0.05, 0) is 58.4 Å². The van der Waals surface area contributed by atoms with Gasteiger partial charge < -0.3 is 10.6 Å². The quantitative estimate of drug-likeness (QED) is 0.857. The molecule has 20 heavy (non-hydrogen) atoms. The Morgan fingerprint density at radius 2 is 1.90 bits per heavy atom. The van der Waals surface area contributed by atoms with Gasteiger partial charge in [-0.1, -0.05) is 6.92 Å². The monoisotopic (exact) mass is 281 g/mol. The summed E-state index contributed by atoms with van der Waals surface area (Å²) in [6.07, 6.45) is 8.11. The molecule has 1 saturated carbocycles. The van der Waals surface area contributed by atoms with Crippen molar-refractivity contribution in [2.45, 2.75) is 76.9 Å². The fraction of sp³-hybridized carbons (Fsp3) is 0.938. The average Bonchev–Trinajstić information content (AvgIpc) is 2.46. The molecule has 0 spiro atoms. The molecule has 1 atom stereocenters. The average molecular weight is 281 g/mol. The molecule has 1 aliphatic heterocycles. The Morgan fingerprint density at radius 3 is 2.50 bits per heavy atom. The fourth-order valence-corrected chi connectivity index (χ4v) is 3.70.